The summed E-state index contributed by atoms with van der Waals surface area (Å²) >= 11 is 0. The monoisotopic (exact) mass is 238 g/mol. The zero-order valence-electron chi connectivity index (χ0n) is 8.75. The zero-order valence-corrected chi connectivity index (χ0v) is 8.75. The van der Waals surface area contributed by atoms with E-state index in [1.54, 1.807) is 18.5 Å². The van der Waals surface area contributed by atoms with Crippen LogP contribution in [0.3, 0.4) is 0 Å². The summed E-state index contributed by atoms with van der Waals surface area (Å²) in [4.78, 5) is 3.90. The molecule has 0 aliphatic rings. The molecule has 0 spiro atoms. The summed E-state index contributed by atoms with van der Waals surface area (Å²) in [6.45, 7) is 0.359. The molecule has 1 aromatic carbocycles. The number of anilines is 1. The molecule has 1 aromatic heterocycles. The highest BCUT2D eigenvalue weighted by molar-refractivity contribution is 5.44. The molecule has 0 bridgehead atoms. The lowest BCUT2D eigenvalue weighted by Gasteiger charge is -2.07. The fourth-order valence-electron chi connectivity index (χ4n) is 1.36. The lowest BCUT2D eigenvalue weighted by molar-refractivity contribution is 0.447. The summed E-state index contributed by atoms with van der Waals surface area (Å²) in [5.74, 6) is -3.88. The van der Waals surface area contributed by atoms with E-state index in [0.717, 1.165) is 17.7 Å². The van der Waals surface area contributed by atoms with E-state index in [-0.39, 0.29) is 5.69 Å². The van der Waals surface area contributed by atoms with Crippen molar-refractivity contribution in [2.45, 2.75) is 6.54 Å². The second-order valence-corrected chi connectivity index (χ2v) is 3.47. The van der Waals surface area contributed by atoms with Gasteiger partial charge in [-0.25, -0.2) is 13.2 Å². The second kappa shape index (κ2) is 4.86. The van der Waals surface area contributed by atoms with Gasteiger partial charge in [-0.15, -0.1) is 0 Å². The molecular weight excluding hydrogens is 229 g/mol. The molecule has 0 radical (unpaired) electrons. The molecule has 1 heterocycles. The number of benzene rings is 1. The molecule has 0 unspecified atom stereocenters. The predicted molar refractivity (Wildman–Crippen MR) is 57.9 cm³/mol. The lowest BCUT2D eigenvalue weighted by atomic mass is 10.2. The van der Waals surface area contributed by atoms with Crippen molar-refractivity contribution in [1.29, 1.82) is 0 Å². The Morgan fingerprint density at radius 3 is 2.41 bits per heavy atom. The third-order valence-electron chi connectivity index (χ3n) is 2.20. The molecule has 1 N–H and O–H groups in total. The molecule has 0 aliphatic heterocycles. The van der Waals surface area contributed by atoms with Crippen molar-refractivity contribution in [3.8, 4) is 0 Å². The highest BCUT2D eigenvalue weighted by Crippen LogP contribution is 2.17. The number of pyridine rings is 1. The molecule has 0 saturated heterocycles. The van der Waals surface area contributed by atoms with Crippen LogP contribution in [0, 0.1) is 17.5 Å². The van der Waals surface area contributed by atoms with Crippen LogP contribution in [-0.4, -0.2) is 4.98 Å². The molecule has 0 saturated carbocycles. The first-order valence-corrected chi connectivity index (χ1v) is 4.94. The van der Waals surface area contributed by atoms with Crippen molar-refractivity contribution in [2.75, 3.05) is 5.32 Å². The van der Waals surface area contributed by atoms with Gasteiger partial charge in [0.25, 0.3) is 0 Å². The van der Waals surface area contributed by atoms with E-state index in [1.807, 2.05) is 6.07 Å². The van der Waals surface area contributed by atoms with E-state index in [0.29, 0.717) is 6.54 Å². The topological polar surface area (TPSA) is 24.9 Å². The van der Waals surface area contributed by atoms with Gasteiger partial charge in [-0.1, -0.05) is 6.07 Å². The lowest BCUT2D eigenvalue weighted by Crippen LogP contribution is -2.02. The van der Waals surface area contributed by atoms with Crippen LogP contribution in [0.15, 0.2) is 36.7 Å². The van der Waals surface area contributed by atoms with Gasteiger partial charge in [0.2, 0.25) is 0 Å². The molecule has 5 heteroatoms. The van der Waals surface area contributed by atoms with E-state index in [4.69, 9.17) is 0 Å². The summed E-state index contributed by atoms with van der Waals surface area (Å²) in [5, 5.41) is 2.78. The van der Waals surface area contributed by atoms with Gasteiger partial charge in [0, 0.05) is 36.8 Å². The minimum Gasteiger partial charge on any atom is -0.381 e. The van der Waals surface area contributed by atoms with Crippen molar-refractivity contribution in [1.82, 2.24) is 4.98 Å². The van der Waals surface area contributed by atoms with E-state index in [1.165, 1.54) is 0 Å². The Labute approximate surface area is 96.1 Å². The summed E-state index contributed by atoms with van der Waals surface area (Å²) in [7, 11) is 0. The number of hydrogen-bond acceptors (Lipinski definition) is 2. The Balaban J connectivity index is 2.10. The molecule has 17 heavy (non-hydrogen) atoms. The van der Waals surface area contributed by atoms with Crippen LogP contribution in [0.5, 0.6) is 0 Å². The highest BCUT2D eigenvalue weighted by atomic mass is 19.2. The molecular formula is C12H9F3N2. The van der Waals surface area contributed by atoms with Gasteiger partial charge in [0.05, 0.1) is 0 Å². The van der Waals surface area contributed by atoms with Gasteiger partial charge >= 0.3 is 0 Å². The van der Waals surface area contributed by atoms with Crippen LogP contribution in [0.25, 0.3) is 0 Å². The number of aromatic nitrogens is 1. The summed E-state index contributed by atoms with van der Waals surface area (Å²) in [6.07, 6.45) is 3.25. The maximum absolute atomic E-state index is 12.9. The quantitative estimate of drug-likeness (QED) is 0.831. The fraction of sp³-hybridized carbons (Fsp3) is 0.0833. The SMILES string of the molecule is Fc1cc(NCc2cccnc2)cc(F)c1F. The summed E-state index contributed by atoms with van der Waals surface area (Å²) in [6, 6.07) is 5.39. The number of hydrogen-bond donors (Lipinski definition) is 1. The predicted octanol–water partition coefficient (Wildman–Crippen LogP) is 3.11. The first-order valence-electron chi connectivity index (χ1n) is 4.94. The van der Waals surface area contributed by atoms with Gasteiger partial charge in [0.1, 0.15) is 0 Å². The normalized spacial score (nSPS) is 10.3. The molecule has 2 aromatic rings. The van der Waals surface area contributed by atoms with Crippen LogP contribution in [0.1, 0.15) is 5.56 Å². The Bertz CT molecular complexity index is 491. The Morgan fingerprint density at radius 2 is 1.82 bits per heavy atom. The van der Waals surface area contributed by atoms with E-state index in [9.17, 15) is 13.2 Å². The van der Waals surface area contributed by atoms with Gasteiger partial charge < -0.3 is 5.32 Å². The van der Waals surface area contributed by atoms with Crippen LogP contribution in [0.4, 0.5) is 18.9 Å². The van der Waals surface area contributed by atoms with Gasteiger partial charge in [-0.2, -0.15) is 0 Å². The van der Waals surface area contributed by atoms with E-state index < -0.39 is 17.5 Å². The standard InChI is InChI=1S/C12H9F3N2/c13-10-4-9(5-11(14)12(10)15)17-7-8-2-1-3-16-6-8/h1-6,17H,7H2. The third kappa shape index (κ3) is 2.75. The first kappa shape index (κ1) is 11.4. The Morgan fingerprint density at radius 1 is 1.12 bits per heavy atom. The number of rotatable bonds is 3. The van der Waals surface area contributed by atoms with Crippen molar-refractivity contribution in [3.63, 3.8) is 0 Å². The molecule has 0 atom stereocenters. The molecule has 2 nitrogen and oxygen atoms in total. The van der Waals surface area contributed by atoms with Gasteiger partial charge in [-0.3, -0.25) is 4.98 Å². The first-order chi connectivity index (χ1) is 8.16. The third-order valence-corrected chi connectivity index (χ3v) is 2.20. The van der Waals surface area contributed by atoms with Crippen molar-refractivity contribution < 1.29 is 13.2 Å². The highest BCUT2D eigenvalue weighted by Gasteiger charge is 2.09. The average Bonchev–Trinajstić information content (AvgIpc) is 2.34. The van der Waals surface area contributed by atoms with Gasteiger partial charge in [0.15, 0.2) is 17.5 Å². The van der Waals surface area contributed by atoms with Crippen LogP contribution < -0.4 is 5.32 Å². The average molecular weight is 238 g/mol. The molecule has 0 amide bonds. The zero-order chi connectivity index (χ0) is 12.3. The smallest absolute Gasteiger partial charge is 0.194 e. The number of nitrogens with one attached hydrogen (secondary N) is 1. The van der Waals surface area contributed by atoms with Crippen molar-refractivity contribution in [3.05, 3.63) is 59.7 Å². The largest absolute Gasteiger partial charge is 0.381 e. The molecule has 2 rings (SSSR count). The fourth-order valence-corrected chi connectivity index (χ4v) is 1.36. The molecule has 88 valence electrons. The van der Waals surface area contributed by atoms with Crippen molar-refractivity contribution >= 4 is 5.69 Å². The molecule has 0 aliphatic carbocycles. The number of halogens is 3. The van der Waals surface area contributed by atoms with E-state index >= 15 is 0 Å². The van der Waals surface area contributed by atoms with Crippen molar-refractivity contribution in [2.24, 2.45) is 0 Å². The minimum absolute atomic E-state index is 0.185. The summed E-state index contributed by atoms with van der Waals surface area (Å²) in [5.41, 5.74) is 1.04. The van der Waals surface area contributed by atoms with Gasteiger partial charge in [-0.05, 0) is 11.6 Å². The van der Waals surface area contributed by atoms with Crippen LogP contribution in [-0.2, 0) is 6.54 Å². The summed E-state index contributed by atoms with van der Waals surface area (Å²) < 4.78 is 38.5. The molecule has 0 fully saturated rings. The van der Waals surface area contributed by atoms with Crippen LogP contribution >= 0.6 is 0 Å². The maximum atomic E-state index is 12.9. The maximum Gasteiger partial charge on any atom is 0.194 e. The Hall–Kier alpha value is -2.04. The number of nitrogens with zero attached hydrogens (tertiary/aromatic N) is 1. The second-order valence-electron chi connectivity index (χ2n) is 3.47. The Kier molecular flexibility index (Phi) is 3.27. The van der Waals surface area contributed by atoms with Crippen LogP contribution in [0.2, 0.25) is 0 Å². The van der Waals surface area contributed by atoms with E-state index in [2.05, 4.69) is 10.3 Å². The minimum atomic E-state index is -1.46.